The summed E-state index contributed by atoms with van der Waals surface area (Å²) < 4.78 is 0. The Morgan fingerprint density at radius 2 is 1.60 bits per heavy atom. The number of rotatable bonds is 4. The summed E-state index contributed by atoms with van der Waals surface area (Å²) in [4.78, 5) is 30.7. The highest BCUT2D eigenvalue weighted by atomic mass is 35.5. The molecule has 30 heavy (non-hydrogen) atoms. The second-order valence-electron chi connectivity index (χ2n) is 8.54. The van der Waals surface area contributed by atoms with Crippen molar-refractivity contribution >= 4 is 23.4 Å². The first-order valence-corrected chi connectivity index (χ1v) is 11.3. The van der Waals surface area contributed by atoms with Crippen LogP contribution in [0.2, 0.25) is 5.02 Å². The normalized spacial score (nSPS) is 21.1. The minimum absolute atomic E-state index is 0.00987. The molecule has 0 aromatic heterocycles. The smallest absolute Gasteiger partial charge is 0.250 e. The van der Waals surface area contributed by atoms with E-state index in [1.807, 2.05) is 60.4 Å². The summed E-state index contributed by atoms with van der Waals surface area (Å²) in [6.45, 7) is 2.52. The van der Waals surface area contributed by atoms with Gasteiger partial charge >= 0.3 is 0 Å². The molecule has 2 aromatic carbocycles. The third kappa shape index (κ3) is 4.39. The van der Waals surface area contributed by atoms with Gasteiger partial charge in [-0.3, -0.25) is 9.59 Å². The van der Waals surface area contributed by atoms with Gasteiger partial charge in [0, 0.05) is 17.6 Å². The molecule has 0 bridgehead atoms. The molecule has 1 atom stereocenters. The molecular formula is C25H29ClN2O2. The Bertz CT molecular complexity index is 904. The molecule has 2 amide bonds. The van der Waals surface area contributed by atoms with Crippen molar-refractivity contribution in [2.45, 2.75) is 64.1 Å². The van der Waals surface area contributed by atoms with Gasteiger partial charge in [-0.2, -0.15) is 0 Å². The Kier molecular flexibility index (Phi) is 6.43. The van der Waals surface area contributed by atoms with Crippen LogP contribution in [0.15, 0.2) is 48.5 Å². The zero-order valence-electron chi connectivity index (χ0n) is 17.5. The summed E-state index contributed by atoms with van der Waals surface area (Å²) in [6.07, 6.45) is 6.66. The van der Waals surface area contributed by atoms with Crippen molar-refractivity contribution in [1.29, 1.82) is 0 Å². The summed E-state index contributed by atoms with van der Waals surface area (Å²) >= 11 is 6.38. The fraction of sp³-hybridized carbons (Fsp3) is 0.440. The van der Waals surface area contributed by atoms with Gasteiger partial charge in [-0.1, -0.05) is 85.3 Å². The van der Waals surface area contributed by atoms with E-state index in [1.165, 1.54) is 12.8 Å². The summed E-state index contributed by atoms with van der Waals surface area (Å²) in [7, 11) is 0. The van der Waals surface area contributed by atoms with Gasteiger partial charge in [0.25, 0.3) is 5.91 Å². The van der Waals surface area contributed by atoms with Crippen LogP contribution in [0, 0.1) is 6.92 Å². The average molecular weight is 425 g/mol. The monoisotopic (exact) mass is 424 g/mol. The number of nitrogens with zero attached hydrogens (tertiary/aromatic N) is 2. The van der Waals surface area contributed by atoms with E-state index in [9.17, 15) is 9.59 Å². The van der Waals surface area contributed by atoms with Crippen LogP contribution in [0.5, 0.6) is 0 Å². The number of aryl methyl sites for hydroxylation is 1. The maximum absolute atomic E-state index is 13.8. The highest BCUT2D eigenvalue weighted by molar-refractivity contribution is 6.31. The fourth-order valence-corrected chi connectivity index (χ4v) is 4.88. The van der Waals surface area contributed by atoms with Gasteiger partial charge in [0.2, 0.25) is 5.91 Å². The van der Waals surface area contributed by atoms with Crippen LogP contribution in [0.25, 0.3) is 0 Å². The van der Waals surface area contributed by atoms with Crippen molar-refractivity contribution in [3.63, 3.8) is 0 Å². The van der Waals surface area contributed by atoms with E-state index in [2.05, 4.69) is 0 Å². The van der Waals surface area contributed by atoms with Gasteiger partial charge in [-0.25, -0.2) is 0 Å². The Morgan fingerprint density at radius 1 is 0.933 bits per heavy atom. The van der Waals surface area contributed by atoms with Gasteiger partial charge in [-0.05, 0) is 37.0 Å². The fourth-order valence-electron chi connectivity index (χ4n) is 4.69. The molecule has 1 heterocycles. The molecule has 158 valence electrons. The first-order chi connectivity index (χ1) is 14.5. The maximum atomic E-state index is 13.8. The molecule has 2 aliphatic rings. The Labute approximate surface area is 183 Å². The van der Waals surface area contributed by atoms with E-state index >= 15 is 0 Å². The molecule has 0 radical (unpaired) electrons. The van der Waals surface area contributed by atoms with E-state index < -0.39 is 6.04 Å². The van der Waals surface area contributed by atoms with Crippen molar-refractivity contribution in [2.24, 2.45) is 0 Å². The van der Waals surface area contributed by atoms with Crippen LogP contribution < -0.4 is 0 Å². The second kappa shape index (κ2) is 9.22. The summed E-state index contributed by atoms with van der Waals surface area (Å²) in [6, 6.07) is 15.1. The first kappa shape index (κ1) is 20.9. The molecule has 0 N–H and O–H groups in total. The molecule has 4 rings (SSSR count). The minimum atomic E-state index is -0.605. The van der Waals surface area contributed by atoms with Gasteiger partial charge in [0.05, 0.1) is 0 Å². The Balaban J connectivity index is 1.68. The Hall–Kier alpha value is -2.33. The minimum Gasteiger partial charge on any atom is -0.328 e. The summed E-state index contributed by atoms with van der Waals surface area (Å²) in [5, 5.41) is 0.617. The number of carbonyl (C=O) groups is 2. The highest BCUT2D eigenvalue weighted by Gasteiger charge is 2.42. The topological polar surface area (TPSA) is 40.6 Å². The molecule has 1 saturated carbocycles. The molecule has 4 nitrogen and oxygen atoms in total. The van der Waals surface area contributed by atoms with E-state index in [0.717, 1.165) is 42.4 Å². The van der Waals surface area contributed by atoms with Crippen molar-refractivity contribution in [2.75, 3.05) is 6.54 Å². The zero-order chi connectivity index (χ0) is 21.1. The number of piperazine rings is 1. The van der Waals surface area contributed by atoms with Crippen molar-refractivity contribution in [3.05, 3.63) is 70.2 Å². The second-order valence-corrected chi connectivity index (χ2v) is 8.94. The quantitative estimate of drug-likeness (QED) is 0.626. The van der Waals surface area contributed by atoms with Gasteiger partial charge < -0.3 is 9.80 Å². The van der Waals surface area contributed by atoms with Gasteiger partial charge in [0.1, 0.15) is 12.6 Å². The molecule has 5 heteroatoms. The number of hydrogen-bond acceptors (Lipinski definition) is 2. The molecule has 1 unspecified atom stereocenters. The van der Waals surface area contributed by atoms with Crippen LogP contribution >= 0.6 is 11.6 Å². The van der Waals surface area contributed by atoms with Crippen LogP contribution in [0.1, 0.15) is 61.3 Å². The number of benzene rings is 2. The van der Waals surface area contributed by atoms with E-state index in [-0.39, 0.29) is 24.4 Å². The first-order valence-electron chi connectivity index (χ1n) is 10.9. The third-order valence-electron chi connectivity index (χ3n) is 6.41. The predicted octanol–water partition coefficient (Wildman–Crippen LogP) is 5.28. The lowest BCUT2D eigenvalue weighted by Gasteiger charge is -2.43. The van der Waals surface area contributed by atoms with Crippen LogP contribution in [0.4, 0.5) is 0 Å². The van der Waals surface area contributed by atoms with Gasteiger partial charge in [0.15, 0.2) is 0 Å². The number of carbonyl (C=O) groups excluding carboxylic acids is 2. The van der Waals surface area contributed by atoms with Crippen molar-refractivity contribution < 1.29 is 9.59 Å². The standard InChI is InChI=1S/C25H29ClN2O2/c1-18-12-14-19(15-13-18)24-25(30)27(21-9-4-2-3-5-10-21)17-23(29)28(24)16-20-8-6-7-11-22(20)26/h6-8,11-15,21,24H,2-5,9-10,16-17H2,1H3. The summed E-state index contributed by atoms with van der Waals surface area (Å²) in [5.41, 5.74) is 2.86. The molecule has 1 aliphatic heterocycles. The largest absolute Gasteiger partial charge is 0.328 e. The lowest BCUT2D eigenvalue weighted by atomic mass is 9.96. The predicted molar refractivity (Wildman–Crippen MR) is 119 cm³/mol. The van der Waals surface area contributed by atoms with Gasteiger partial charge in [-0.15, -0.1) is 0 Å². The van der Waals surface area contributed by atoms with Crippen LogP contribution in [-0.2, 0) is 16.1 Å². The lowest BCUT2D eigenvalue weighted by Crippen LogP contribution is -2.57. The van der Waals surface area contributed by atoms with E-state index in [0.29, 0.717) is 11.6 Å². The third-order valence-corrected chi connectivity index (χ3v) is 6.78. The van der Waals surface area contributed by atoms with E-state index in [4.69, 9.17) is 11.6 Å². The highest BCUT2D eigenvalue weighted by Crippen LogP contribution is 2.34. The Morgan fingerprint density at radius 3 is 2.27 bits per heavy atom. The summed E-state index contributed by atoms with van der Waals surface area (Å²) in [5.74, 6) is 0.0294. The number of halogens is 1. The molecule has 1 aliphatic carbocycles. The SMILES string of the molecule is Cc1ccc(C2C(=O)N(C3CCCCCC3)CC(=O)N2Cc2ccccc2Cl)cc1. The molecular weight excluding hydrogens is 396 g/mol. The zero-order valence-corrected chi connectivity index (χ0v) is 18.3. The molecule has 2 fully saturated rings. The number of hydrogen-bond donors (Lipinski definition) is 0. The van der Waals surface area contributed by atoms with Crippen molar-refractivity contribution in [1.82, 2.24) is 9.80 Å². The maximum Gasteiger partial charge on any atom is 0.250 e. The van der Waals surface area contributed by atoms with Crippen molar-refractivity contribution in [3.8, 4) is 0 Å². The number of amides is 2. The van der Waals surface area contributed by atoms with E-state index in [1.54, 1.807) is 4.90 Å². The lowest BCUT2D eigenvalue weighted by molar-refractivity contribution is -0.159. The van der Waals surface area contributed by atoms with Crippen LogP contribution in [0.3, 0.4) is 0 Å². The van der Waals surface area contributed by atoms with Crippen LogP contribution in [-0.4, -0.2) is 34.2 Å². The molecule has 2 aromatic rings. The molecule has 0 spiro atoms. The average Bonchev–Trinajstić information content (AvgIpc) is 3.02. The molecule has 1 saturated heterocycles.